The summed E-state index contributed by atoms with van der Waals surface area (Å²) in [6.45, 7) is 0. The van der Waals surface area contributed by atoms with Crippen LogP contribution in [0.15, 0.2) is 0 Å². The van der Waals surface area contributed by atoms with Crippen molar-refractivity contribution in [3.63, 3.8) is 0 Å². The zero-order valence-corrected chi connectivity index (χ0v) is 12.7. The molecule has 1 aliphatic carbocycles. The summed E-state index contributed by atoms with van der Waals surface area (Å²) < 4.78 is 60.0. The molecule has 0 spiro atoms. The Labute approximate surface area is 123 Å². The van der Waals surface area contributed by atoms with Crippen LogP contribution in [0.25, 0.3) is 0 Å². The van der Waals surface area contributed by atoms with E-state index >= 15 is 0 Å². The van der Waals surface area contributed by atoms with E-state index in [9.17, 15) is 26.4 Å². The van der Waals surface area contributed by atoms with Gasteiger partial charge in [-0.3, -0.25) is 4.79 Å². The molecule has 8 heteroatoms. The molecule has 0 unspecified atom stereocenters. The normalized spacial score (nSPS) is 20.5. The van der Waals surface area contributed by atoms with Gasteiger partial charge in [-0.1, -0.05) is 51.4 Å². The molecule has 1 N–H and O–H groups in total. The second-order valence-electron chi connectivity index (χ2n) is 5.52. The van der Waals surface area contributed by atoms with Crippen LogP contribution in [0.3, 0.4) is 0 Å². The first kappa shape index (κ1) is 18.3. The van der Waals surface area contributed by atoms with Gasteiger partial charge in [-0.15, -0.1) is 0 Å². The fraction of sp³-hybridized carbons (Fsp3) is 0.923. The Morgan fingerprint density at radius 2 is 1.24 bits per heavy atom. The van der Waals surface area contributed by atoms with Gasteiger partial charge in [0.15, 0.2) is 0 Å². The molecule has 0 aliphatic heterocycles. The molecule has 0 aromatic rings. The largest absolute Gasteiger partial charge is 0.516 e. The van der Waals surface area contributed by atoms with Crippen LogP contribution >= 0.6 is 0 Å². The first-order valence-corrected chi connectivity index (χ1v) is 8.85. The van der Waals surface area contributed by atoms with Crippen molar-refractivity contribution in [2.24, 2.45) is 5.92 Å². The summed E-state index contributed by atoms with van der Waals surface area (Å²) in [4.78, 5) is 11.8. The number of amides is 1. The average molecular weight is 329 g/mol. The van der Waals surface area contributed by atoms with Crippen molar-refractivity contribution in [3.05, 3.63) is 0 Å². The Balaban J connectivity index is 2.64. The van der Waals surface area contributed by atoms with Crippen molar-refractivity contribution >= 4 is 15.9 Å². The van der Waals surface area contributed by atoms with Gasteiger partial charge in [0.05, 0.1) is 0 Å². The molecule has 1 aliphatic rings. The molecule has 0 radical (unpaired) electrons. The zero-order valence-electron chi connectivity index (χ0n) is 11.9. The lowest BCUT2D eigenvalue weighted by Crippen LogP contribution is -2.43. The Hall–Kier alpha value is -0.790. The fourth-order valence-corrected chi connectivity index (χ4v) is 3.07. The van der Waals surface area contributed by atoms with Gasteiger partial charge < -0.3 is 0 Å². The highest BCUT2D eigenvalue weighted by Gasteiger charge is 2.47. The van der Waals surface area contributed by atoms with Gasteiger partial charge in [-0.05, 0) is 12.8 Å². The highest BCUT2D eigenvalue weighted by molar-refractivity contribution is 7.90. The van der Waals surface area contributed by atoms with Gasteiger partial charge in [0, 0.05) is 5.92 Å². The van der Waals surface area contributed by atoms with Crippen molar-refractivity contribution in [2.45, 2.75) is 69.7 Å². The molecule has 0 atom stereocenters. The van der Waals surface area contributed by atoms with Crippen LogP contribution in [0.2, 0.25) is 0 Å². The summed E-state index contributed by atoms with van der Waals surface area (Å²) in [5, 5.41) is 0. The van der Waals surface area contributed by atoms with Crippen molar-refractivity contribution in [1.29, 1.82) is 0 Å². The maximum Gasteiger partial charge on any atom is 0.516 e. The summed E-state index contributed by atoms with van der Waals surface area (Å²) in [6.07, 6.45) is 8.60. The van der Waals surface area contributed by atoms with Gasteiger partial charge in [-0.2, -0.15) is 21.6 Å². The van der Waals surface area contributed by atoms with Gasteiger partial charge in [0.1, 0.15) is 0 Å². The van der Waals surface area contributed by atoms with Crippen molar-refractivity contribution < 1.29 is 26.4 Å². The first-order valence-electron chi connectivity index (χ1n) is 7.37. The lowest BCUT2D eigenvalue weighted by Gasteiger charge is -2.17. The van der Waals surface area contributed by atoms with Crippen LogP contribution in [0.4, 0.5) is 13.2 Å². The van der Waals surface area contributed by atoms with Crippen LogP contribution in [-0.4, -0.2) is 19.8 Å². The molecule has 21 heavy (non-hydrogen) atoms. The van der Waals surface area contributed by atoms with E-state index in [4.69, 9.17) is 0 Å². The van der Waals surface area contributed by atoms with E-state index in [2.05, 4.69) is 0 Å². The minimum absolute atomic E-state index is 0.444. The molecule has 124 valence electrons. The number of nitrogens with one attached hydrogen (secondary N) is 1. The second-order valence-corrected chi connectivity index (χ2v) is 7.19. The Bertz CT molecular complexity index is 422. The van der Waals surface area contributed by atoms with Gasteiger partial charge in [-0.25, -0.2) is 4.72 Å². The summed E-state index contributed by atoms with van der Waals surface area (Å²) in [5.41, 5.74) is -5.45. The molecule has 1 rings (SSSR count). The fourth-order valence-electron chi connectivity index (χ4n) is 2.52. The predicted octanol–water partition coefficient (Wildman–Crippen LogP) is 3.48. The molecule has 1 amide bonds. The summed E-state index contributed by atoms with van der Waals surface area (Å²) >= 11 is 0. The molecule has 1 fully saturated rings. The lowest BCUT2D eigenvalue weighted by molar-refractivity contribution is -0.124. The van der Waals surface area contributed by atoms with Gasteiger partial charge >= 0.3 is 15.5 Å². The summed E-state index contributed by atoms with van der Waals surface area (Å²) in [6, 6.07) is 0. The number of sulfonamides is 1. The molecular weight excluding hydrogens is 307 g/mol. The predicted molar refractivity (Wildman–Crippen MR) is 72.8 cm³/mol. The van der Waals surface area contributed by atoms with E-state index in [1.807, 2.05) is 0 Å². The molecule has 0 aromatic carbocycles. The van der Waals surface area contributed by atoms with E-state index in [-0.39, 0.29) is 0 Å². The quantitative estimate of drug-likeness (QED) is 0.843. The number of alkyl halides is 3. The molecule has 0 bridgehead atoms. The van der Waals surface area contributed by atoms with E-state index in [1.165, 1.54) is 4.72 Å². The molecule has 0 heterocycles. The van der Waals surface area contributed by atoms with Gasteiger partial charge in [0.2, 0.25) is 5.91 Å². The number of carbonyl (C=O) groups is 1. The Kier molecular flexibility index (Phi) is 6.96. The van der Waals surface area contributed by atoms with Crippen LogP contribution in [0.5, 0.6) is 0 Å². The number of hydrogen-bond donors (Lipinski definition) is 1. The molecular formula is C13H22F3NO3S. The SMILES string of the molecule is O=C(NS(=O)(=O)C(F)(F)F)C1CCCCCCCCCC1. The Morgan fingerprint density at radius 1 is 0.857 bits per heavy atom. The third kappa shape index (κ3) is 6.23. The second kappa shape index (κ2) is 8.00. The Morgan fingerprint density at radius 3 is 1.62 bits per heavy atom. The maximum absolute atomic E-state index is 12.3. The van der Waals surface area contributed by atoms with Crippen molar-refractivity contribution in [1.82, 2.24) is 4.72 Å². The highest BCUT2D eigenvalue weighted by Crippen LogP contribution is 2.25. The van der Waals surface area contributed by atoms with Crippen LogP contribution in [0.1, 0.15) is 64.2 Å². The number of hydrogen-bond acceptors (Lipinski definition) is 3. The standard InChI is InChI=1S/C13H22F3NO3S/c14-13(15,16)21(19,20)17-12(18)11-9-7-5-3-1-2-4-6-8-10-11/h11H,1-10H2,(H,17,18). The maximum atomic E-state index is 12.3. The monoisotopic (exact) mass is 329 g/mol. The zero-order chi connectivity index (χ0) is 15.9. The molecule has 0 aromatic heterocycles. The van der Waals surface area contributed by atoms with E-state index in [0.29, 0.717) is 12.8 Å². The first-order chi connectivity index (χ1) is 9.74. The molecule has 1 saturated carbocycles. The third-order valence-electron chi connectivity index (χ3n) is 3.77. The number of carbonyl (C=O) groups excluding carboxylic acids is 1. The van der Waals surface area contributed by atoms with Crippen LogP contribution in [0, 0.1) is 5.92 Å². The van der Waals surface area contributed by atoms with E-state index in [1.54, 1.807) is 0 Å². The van der Waals surface area contributed by atoms with Crippen LogP contribution in [-0.2, 0) is 14.8 Å². The topological polar surface area (TPSA) is 63.2 Å². The smallest absolute Gasteiger partial charge is 0.274 e. The summed E-state index contributed by atoms with van der Waals surface area (Å²) in [5.74, 6) is -1.67. The summed E-state index contributed by atoms with van der Waals surface area (Å²) in [7, 11) is -5.59. The minimum atomic E-state index is -5.59. The molecule has 0 saturated heterocycles. The third-order valence-corrected chi connectivity index (χ3v) is 4.84. The van der Waals surface area contributed by atoms with Gasteiger partial charge in [0.25, 0.3) is 0 Å². The number of halogens is 3. The number of rotatable bonds is 2. The molecule has 4 nitrogen and oxygen atoms in total. The lowest BCUT2D eigenvalue weighted by atomic mass is 9.95. The van der Waals surface area contributed by atoms with Crippen LogP contribution < -0.4 is 4.72 Å². The van der Waals surface area contributed by atoms with Crippen molar-refractivity contribution in [2.75, 3.05) is 0 Å². The van der Waals surface area contributed by atoms with E-state index in [0.717, 1.165) is 51.4 Å². The van der Waals surface area contributed by atoms with Crippen molar-refractivity contribution in [3.8, 4) is 0 Å². The average Bonchev–Trinajstić information content (AvgIpc) is 2.41. The highest BCUT2D eigenvalue weighted by atomic mass is 32.2. The van der Waals surface area contributed by atoms with E-state index < -0.39 is 27.4 Å². The minimum Gasteiger partial charge on any atom is -0.274 e.